The quantitative estimate of drug-likeness (QED) is 0.746. The number of hydrogen-bond acceptors (Lipinski definition) is 4. The Morgan fingerprint density at radius 1 is 1.20 bits per heavy atom. The fourth-order valence-electron chi connectivity index (χ4n) is 3.88. The molecule has 0 aromatic heterocycles. The topological polar surface area (TPSA) is 44.7 Å². The molecular weight excluding hydrogens is 252 g/mol. The van der Waals surface area contributed by atoms with Crippen LogP contribution < -0.4 is 5.32 Å². The van der Waals surface area contributed by atoms with E-state index in [2.05, 4.69) is 44.8 Å². The molecule has 0 bridgehead atoms. The van der Waals surface area contributed by atoms with Crippen molar-refractivity contribution in [2.45, 2.75) is 70.7 Å². The first-order valence-electron chi connectivity index (χ1n) is 8.10. The van der Waals surface area contributed by atoms with Gasteiger partial charge in [0, 0.05) is 31.1 Å². The van der Waals surface area contributed by atoms with Crippen LogP contribution in [0.3, 0.4) is 0 Å². The minimum absolute atomic E-state index is 0.126. The zero-order chi connectivity index (χ0) is 15.0. The van der Waals surface area contributed by atoms with Gasteiger partial charge in [-0.2, -0.15) is 0 Å². The number of nitrogens with one attached hydrogen (secondary N) is 1. The van der Waals surface area contributed by atoms with Crippen molar-refractivity contribution in [2.24, 2.45) is 5.92 Å². The van der Waals surface area contributed by atoms with Crippen molar-refractivity contribution >= 4 is 0 Å². The van der Waals surface area contributed by atoms with Gasteiger partial charge in [-0.25, -0.2) is 0 Å². The summed E-state index contributed by atoms with van der Waals surface area (Å²) in [5, 5.41) is 12.9. The minimum Gasteiger partial charge on any atom is -0.395 e. The second-order valence-corrected chi connectivity index (χ2v) is 7.40. The van der Waals surface area contributed by atoms with E-state index < -0.39 is 0 Å². The highest BCUT2D eigenvalue weighted by molar-refractivity contribution is 5.06. The van der Waals surface area contributed by atoms with Gasteiger partial charge in [0.1, 0.15) is 0 Å². The maximum atomic E-state index is 9.30. The molecule has 0 amide bonds. The van der Waals surface area contributed by atoms with Crippen molar-refractivity contribution in [3.05, 3.63) is 0 Å². The smallest absolute Gasteiger partial charge is 0.0790 e. The van der Waals surface area contributed by atoms with Crippen LogP contribution in [0, 0.1) is 5.92 Å². The number of rotatable bonds is 7. The molecular formula is C16H32N2O2. The molecule has 1 saturated heterocycles. The Kier molecular flexibility index (Phi) is 4.80. The maximum Gasteiger partial charge on any atom is 0.0790 e. The third kappa shape index (κ3) is 3.35. The molecule has 4 heteroatoms. The van der Waals surface area contributed by atoms with E-state index in [1.54, 1.807) is 0 Å². The third-order valence-corrected chi connectivity index (χ3v) is 4.88. The molecule has 2 N–H and O–H groups in total. The monoisotopic (exact) mass is 284 g/mol. The Morgan fingerprint density at radius 3 is 2.35 bits per heavy atom. The predicted octanol–water partition coefficient (Wildman–Crippen LogP) is 1.62. The number of aliphatic hydroxyl groups is 1. The van der Waals surface area contributed by atoms with Gasteiger partial charge in [-0.05, 0) is 47.1 Å². The molecule has 2 atom stereocenters. The van der Waals surface area contributed by atoms with E-state index >= 15 is 0 Å². The minimum atomic E-state index is -0.140. The standard InChI is InChI=1S/C16H32N2O2/c1-6-17-14-13(15(2,3)20-16(14,4)5)11-18(9-10-19)12-7-8-12/h12-14,17,19H,6-11H2,1-5H3. The van der Waals surface area contributed by atoms with Crippen LogP contribution >= 0.6 is 0 Å². The molecule has 2 rings (SSSR count). The average molecular weight is 284 g/mol. The molecule has 4 nitrogen and oxygen atoms in total. The number of nitrogens with zero attached hydrogens (tertiary/aromatic N) is 1. The van der Waals surface area contributed by atoms with E-state index in [0.29, 0.717) is 18.0 Å². The Balaban J connectivity index is 2.12. The number of aliphatic hydroxyl groups excluding tert-OH is 1. The third-order valence-electron chi connectivity index (χ3n) is 4.88. The molecule has 1 aliphatic heterocycles. The van der Waals surface area contributed by atoms with Gasteiger partial charge in [0.05, 0.1) is 17.8 Å². The second-order valence-electron chi connectivity index (χ2n) is 7.40. The van der Waals surface area contributed by atoms with Crippen molar-refractivity contribution in [1.82, 2.24) is 10.2 Å². The lowest BCUT2D eigenvalue weighted by molar-refractivity contribution is -0.0799. The summed E-state index contributed by atoms with van der Waals surface area (Å²) in [6.07, 6.45) is 2.56. The first-order chi connectivity index (χ1) is 9.31. The Hall–Kier alpha value is -0.160. The first kappa shape index (κ1) is 16.2. The summed E-state index contributed by atoms with van der Waals surface area (Å²) in [6.45, 7) is 14.0. The second kappa shape index (κ2) is 5.91. The molecule has 0 spiro atoms. The van der Waals surface area contributed by atoms with Crippen molar-refractivity contribution in [3.63, 3.8) is 0 Å². The van der Waals surface area contributed by atoms with Crippen LogP contribution in [0.1, 0.15) is 47.5 Å². The molecule has 1 saturated carbocycles. The highest BCUT2D eigenvalue weighted by Crippen LogP contribution is 2.43. The van der Waals surface area contributed by atoms with Crippen LogP contribution in [0.5, 0.6) is 0 Å². The lowest BCUT2D eigenvalue weighted by atomic mass is 9.82. The average Bonchev–Trinajstić information content (AvgIpc) is 3.11. The van der Waals surface area contributed by atoms with Gasteiger partial charge in [-0.3, -0.25) is 4.90 Å². The van der Waals surface area contributed by atoms with Crippen LogP contribution in [0.15, 0.2) is 0 Å². The van der Waals surface area contributed by atoms with Gasteiger partial charge in [-0.15, -0.1) is 0 Å². The van der Waals surface area contributed by atoms with Crippen LogP contribution in [0.4, 0.5) is 0 Å². The summed E-state index contributed by atoms with van der Waals surface area (Å²) in [7, 11) is 0. The summed E-state index contributed by atoms with van der Waals surface area (Å²) >= 11 is 0. The Bertz CT molecular complexity index is 326. The van der Waals surface area contributed by atoms with E-state index in [1.807, 2.05) is 0 Å². The number of likely N-dealkylation sites (N-methyl/N-ethyl adjacent to an activating group) is 1. The van der Waals surface area contributed by atoms with Gasteiger partial charge >= 0.3 is 0 Å². The molecule has 0 radical (unpaired) electrons. The van der Waals surface area contributed by atoms with Crippen LogP contribution in [0.2, 0.25) is 0 Å². The van der Waals surface area contributed by atoms with Crippen molar-refractivity contribution < 1.29 is 9.84 Å². The maximum absolute atomic E-state index is 9.30. The summed E-state index contributed by atoms with van der Waals surface area (Å²) < 4.78 is 6.34. The summed E-state index contributed by atoms with van der Waals surface area (Å²) in [5.41, 5.74) is -0.266. The molecule has 2 unspecified atom stereocenters. The molecule has 1 aliphatic carbocycles. The fraction of sp³-hybridized carbons (Fsp3) is 1.00. The van der Waals surface area contributed by atoms with E-state index in [-0.39, 0.29) is 17.8 Å². The number of ether oxygens (including phenoxy) is 1. The van der Waals surface area contributed by atoms with Gasteiger partial charge in [-0.1, -0.05) is 6.92 Å². The molecule has 2 aliphatic rings. The molecule has 118 valence electrons. The normalized spacial score (nSPS) is 31.9. The Labute approximate surface area is 123 Å². The summed E-state index contributed by atoms with van der Waals surface area (Å²) in [4.78, 5) is 2.46. The van der Waals surface area contributed by atoms with Gasteiger partial charge in [0.25, 0.3) is 0 Å². The van der Waals surface area contributed by atoms with Gasteiger partial charge < -0.3 is 15.2 Å². The van der Waals surface area contributed by atoms with Crippen LogP contribution in [0.25, 0.3) is 0 Å². The van der Waals surface area contributed by atoms with Crippen LogP contribution in [-0.2, 0) is 4.74 Å². The largest absolute Gasteiger partial charge is 0.395 e. The van der Waals surface area contributed by atoms with Crippen molar-refractivity contribution in [3.8, 4) is 0 Å². The SMILES string of the molecule is CCNC1C(CN(CCO)C2CC2)C(C)(C)OC1(C)C. The van der Waals surface area contributed by atoms with Crippen molar-refractivity contribution in [2.75, 3.05) is 26.2 Å². The lowest BCUT2D eigenvalue weighted by Crippen LogP contribution is -2.51. The summed E-state index contributed by atoms with van der Waals surface area (Å²) in [5.74, 6) is 0.449. The zero-order valence-electron chi connectivity index (χ0n) is 13.8. The summed E-state index contributed by atoms with van der Waals surface area (Å²) in [6, 6.07) is 1.05. The van der Waals surface area contributed by atoms with Crippen molar-refractivity contribution in [1.29, 1.82) is 0 Å². The molecule has 20 heavy (non-hydrogen) atoms. The molecule has 1 heterocycles. The molecule has 0 aromatic carbocycles. The van der Waals surface area contributed by atoms with Gasteiger partial charge in [0.15, 0.2) is 0 Å². The molecule has 2 fully saturated rings. The highest BCUT2D eigenvalue weighted by atomic mass is 16.5. The number of hydrogen-bond donors (Lipinski definition) is 2. The fourth-order valence-corrected chi connectivity index (χ4v) is 3.88. The van der Waals surface area contributed by atoms with Crippen LogP contribution in [-0.4, -0.2) is 59.5 Å². The highest BCUT2D eigenvalue weighted by Gasteiger charge is 2.54. The predicted molar refractivity (Wildman–Crippen MR) is 81.9 cm³/mol. The van der Waals surface area contributed by atoms with Gasteiger partial charge in [0.2, 0.25) is 0 Å². The van der Waals surface area contributed by atoms with E-state index in [4.69, 9.17) is 4.74 Å². The zero-order valence-corrected chi connectivity index (χ0v) is 13.8. The lowest BCUT2D eigenvalue weighted by Gasteiger charge is -2.34. The van der Waals surface area contributed by atoms with E-state index in [1.165, 1.54) is 12.8 Å². The van der Waals surface area contributed by atoms with E-state index in [0.717, 1.165) is 19.6 Å². The van der Waals surface area contributed by atoms with E-state index in [9.17, 15) is 5.11 Å². The molecule has 0 aromatic rings. The Morgan fingerprint density at radius 2 is 1.85 bits per heavy atom. The first-order valence-corrected chi connectivity index (χ1v) is 8.10.